The highest BCUT2D eigenvalue weighted by Gasteiger charge is 2.34. The molecule has 0 unspecified atom stereocenters. The summed E-state index contributed by atoms with van der Waals surface area (Å²) in [6.07, 6.45) is 0.779. The van der Waals surface area contributed by atoms with Crippen LogP contribution in [0.15, 0.2) is 0 Å². The van der Waals surface area contributed by atoms with E-state index in [1.807, 2.05) is 0 Å². The Morgan fingerprint density at radius 3 is 1.87 bits per heavy atom. The maximum atomic E-state index is 11.3. The summed E-state index contributed by atoms with van der Waals surface area (Å²) in [5.41, 5.74) is -0.757. The molecule has 0 bridgehead atoms. The van der Waals surface area contributed by atoms with Gasteiger partial charge in [0.2, 0.25) is 0 Å². The zero-order chi connectivity index (χ0) is 12.1. The van der Waals surface area contributed by atoms with Crippen LogP contribution in [0.25, 0.3) is 0 Å². The second-order valence-electron chi connectivity index (χ2n) is 3.91. The van der Waals surface area contributed by atoms with Gasteiger partial charge in [-0.05, 0) is 6.42 Å². The third kappa shape index (κ3) is 4.10. The Morgan fingerprint density at radius 2 is 1.60 bits per heavy atom. The highest BCUT2D eigenvalue weighted by molar-refractivity contribution is 5.95. The standard InChI is InChI=1S/C10H16O5/c1-10(2,6-11)5-7(8(12)14-3)9(13)15-4/h6-7H,5H2,1-4H3. The molecule has 0 aliphatic rings. The van der Waals surface area contributed by atoms with Gasteiger partial charge in [-0.25, -0.2) is 0 Å². The number of hydrogen-bond acceptors (Lipinski definition) is 5. The minimum atomic E-state index is -1.04. The van der Waals surface area contributed by atoms with Gasteiger partial charge < -0.3 is 14.3 Å². The molecule has 0 aromatic heterocycles. The lowest BCUT2D eigenvalue weighted by atomic mass is 9.84. The average molecular weight is 216 g/mol. The first-order chi connectivity index (χ1) is 6.87. The zero-order valence-corrected chi connectivity index (χ0v) is 9.40. The maximum absolute atomic E-state index is 11.3. The Bertz CT molecular complexity index is 241. The first-order valence-electron chi connectivity index (χ1n) is 4.50. The Hall–Kier alpha value is -1.39. The van der Waals surface area contributed by atoms with Gasteiger partial charge in [-0.3, -0.25) is 9.59 Å². The maximum Gasteiger partial charge on any atom is 0.320 e. The highest BCUT2D eigenvalue weighted by atomic mass is 16.5. The molecule has 5 heteroatoms. The van der Waals surface area contributed by atoms with Crippen LogP contribution in [0.2, 0.25) is 0 Å². The van der Waals surface area contributed by atoms with Crippen molar-refractivity contribution in [3.8, 4) is 0 Å². The van der Waals surface area contributed by atoms with Gasteiger partial charge in [-0.2, -0.15) is 0 Å². The quantitative estimate of drug-likeness (QED) is 0.381. The number of ether oxygens (including phenoxy) is 2. The number of carbonyl (C=O) groups excluding carboxylic acids is 3. The van der Waals surface area contributed by atoms with Gasteiger partial charge in [0.15, 0.2) is 5.92 Å². The summed E-state index contributed by atoms with van der Waals surface area (Å²) in [7, 11) is 2.37. The van der Waals surface area contributed by atoms with Crippen molar-refractivity contribution in [2.45, 2.75) is 20.3 Å². The van der Waals surface area contributed by atoms with Crippen LogP contribution < -0.4 is 0 Å². The molecule has 0 aliphatic heterocycles. The molecule has 0 atom stereocenters. The summed E-state index contributed by atoms with van der Waals surface area (Å²) in [5, 5.41) is 0. The first-order valence-corrected chi connectivity index (χ1v) is 4.50. The second-order valence-corrected chi connectivity index (χ2v) is 3.91. The second kappa shape index (κ2) is 5.48. The van der Waals surface area contributed by atoms with Gasteiger partial charge >= 0.3 is 11.9 Å². The van der Waals surface area contributed by atoms with Crippen molar-refractivity contribution in [1.82, 2.24) is 0 Å². The van der Waals surface area contributed by atoms with Gasteiger partial charge in [-0.15, -0.1) is 0 Å². The molecule has 5 nitrogen and oxygen atoms in total. The summed E-state index contributed by atoms with van der Waals surface area (Å²) in [6.45, 7) is 3.28. The van der Waals surface area contributed by atoms with E-state index in [-0.39, 0.29) is 6.42 Å². The number of hydrogen-bond donors (Lipinski definition) is 0. The molecule has 0 heterocycles. The molecular formula is C10H16O5. The van der Waals surface area contributed by atoms with Gasteiger partial charge in [-0.1, -0.05) is 13.8 Å². The molecule has 0 saturated carbocycles. The van der Waals surface area contributed by atoms with Crippen molar-refractivity contribution in [3.05, 3.63) is 0 Å². The zero-order valence-electron chi connectivity index (χ0n) is 9.40. The van der Waals surface area contributed by atoms with Crippen LogP contribution in [0.5, 0.6) is 0 Å². The molecule has 0 fully saturated rings. The lowest BCUT2D eigenvalue weighted by Gasteiger charge is -2.21. The number of carbonyl (C=O) groups is 3. The normalized spacial score (nSPS) is 11.0. The fourth-order valence-electron chi connectivity index (χ4n) is 1.12. The molecule has 15 heavy (non-hydrogen) atoms. The van der Waals surface area contributed by atoms with Crippen molar-refractivity contribution >= 4 is 18.2 Å². The average Bonchev–Trinajstić information content (AvgIpc) is 2.23. The Morgan fingerprint density at radius 1 is 1.20 bits per heavy atom. The lowest BCUT2D eigenvalue weighted by molar-refractivity contribution is -0.160. The molecule has 0 spiro atoms. The molecule has 0 saturated heterocycles. The van der Waals surface area contributed by atoms with Crippen LogP contribution >= 0.6 is 0 Å². The Balaban J connectivity index is 4.73. The fraction of sp³-hybridized carbons (Fsp3) is 0.700. The van der Waals surface area contributed by atoms with E-state index in [1.165, 1.54) is 14.2 Å². The summed E-state index contributed by atoms with van der Waals surface area (Å²) in [6, 6.07) is 0. The Kier molecular flexibility index (Phi) is 4.97. The summed E-state index contributed by atoms with van der Waals surface area (Å²) >= 11 is 0. The van der Waals surface area contributed by atoms with Crippen LogP contribution in [-0.2, 0) is 23.9 Å². The topological polar surface area (TPSA) is 69.7 Å². The predicted molar refractivity (Wildman–Crippen MR) is 52.0 cm³/mol. The van der Waals surface area contributed by atoms with Crippen LogP contribution in [0.4, 0.5) is 0 Å². The van der Waals surface area contributed by atoms with E-state index in [9.17, 15) is 14.4 Å². The van der Waals surface area contributed by atoms with E-state index in [0.717, 1.165) is 0 Å². The SMILES string of the molecule is COC(=O)C(CC(C)(C)C=O)C(=O)OC. The molecule has 0 aromatic rings. The van der Waals surface area contributed by atoms with E-state index in [0.29, 0.717) is 6.29 Å². The summed E-state index contributed by atoms with van der Waals surface area (Å²) in [4.78, 5) is 33.2. The predicted octanol–water partition coefficient (Wildman–Crippen LogP) is 0.564. The van der Waals surface area contributed by atoms with Gasteiger partial charge in [0.05, 0.1) is 14.2 Å². The minimum Gasteiger partial charge on any atom is -0.468 e. The van der Waals surface area contributed by atoms with E-state index >= 15 is 0 Å². The van der Waals surface area contributed by atoms with Crippen LogP contribution in [0.3, 0.4) is 0 Å². The van der Waals surface area contributed by atoms with Crippen molar-refractivity contribution in [1.29, 1.82) is 0 Å². The number of aldehydes is 1. The molecular weight excluding hydrogens is 200 g/mol. The minimum absolute atomic E-state index is 0.0792. The van der Waals surface area contributed by atoms with Gasteiger partial charge in [0.1, 0.15) is 6.29 Å². The summed E-state index contributed by atoms with van der Waals surface area (Å²) < 4.78 is 8.94. The number of esters is 2. The number of rotatable bonds is 5. The van der Waals surface area contributed by atoms with Crippen molar-refractivity contribution in [2.24, 2.45) is 11.3 Å². The lowest BCUT2D eigenvalue weighted by Crippen LogP contribution is -2.32. The third-order valence-electron chi connectivity index (χ3n) is 2.02. The highest BCUT2D eigenvalue weighted by Crippen LogP contribution is 2.24. The van der Waals surface area contributed by atoms with E-state index < -0.39 is 23.3 Å². The summed E-state index contributed by atoms with van der Waals surface area (Å²) in [5.74, 6) is -2.41. The Labute approximate surface area is 88.7 Å². The number of methoxy groups -OCH3 is 2. The third-order valence-corrected chi connectivity index (χ3v) is 2.02. The fourth-order valence-corrected chi connectivity index (χ4v) is 1.12. The van der Waals surface area contributed by atoms with Crippen molar-refractivity contribution in [2.75, 3.05) is 14.2 Å². The van der Waals surface area contributed by atoms with E-state index in [2.05, 4.69) is 9.47 Å². The molecule has 0 aromatic carbocycles. The van der Waals surface area contributed by atoms with E-state index in [1.54, 1.807) is 13.8 Å². The first kappa shape index (κ1) is 13.6. The van der Waals surface area contributed by atoms with Gasteiger partial charge in [0, 0.05) is 5.41 Å². The van der Waals surface area contributed by atoms with Gasteiger partial charge in [0.25, 0.3) is 0 Å². The smallest absolute Gasteiger partial charge is 0.320 e. The van der Waals surface area contributed by atoms with Crippen molar-refractivity contribution < 1.29 is 23.9 Å². The molecule has 86 valence electrons. The molecule has 0 radical (unpaired) electrons. The van der Waals surface area contributed by atoms with Crippen LogP contribution in [0.1, 0.15) is 20.3 Å². The van der Waals surface area contributed by atoms with E-state index in [4.69, 9.17) is 0 Å². The molecule has 0 aliphatic carbocycles. The molecule has 0 N–H and O–H groups in total. The van der Waals surface area contributed by atoms with Crippen molar-refractivity contribution in [3.63, 3.8) is 0 Å². The molecule has 0 amide bonds. The van der Waals surface area contributed by atoms with Crippen LogP contribution in [-0.4, -0.2) is 32.4 Å². The molecule has 0 rings (SSSR count). The monoisotopic (exact) mass is 216 g/mol. The largest absolute Gasteiger partial charge is 0.468 e. The van der Waals surface area contributed by atoms with Crippen LogP contribution in [0, 0.1) is 11.3 Å².